The molecule has 0 saturated carbocycles. The Morgan fingerprint density at radius 2 is 2.24 bits per heavy atom. The molecule has 2 heterocycles. The van der Waals surface area contributed by atoms with Crippen molar-refractivity contribution in [2.75, 3.05) is 0 Å². The lowest BCUT2D eigenvalue weighted by molar-refractivity contribution is 0.0558. The lowest BCUT2D eigenvalue weighted by atomic mass is 9.93. The SMILES string of the molecule is Cn1cc(CC(C)(O)c2cncc(F)c2)nn1. The van der Waals surface area contributed by atoms with E-state index in [1.807, 2.05) is 0 Å². The van der Waals surface area contributed by atoms with Crippen LogP contribution in [-0.2, 0) is 19.1 Å². The van der Waals surface area contributed by atoms with Crippen molar-refractivity contribution in [3.63, 3.8) is 0 Å². The number of halogens is 1. The van der Waals surface area contributed by atoms with Crippen LogP contribution in [0.25, 0.3) is 0 Å². The van der Waals surface area contributed by atoms with Crippen LogP contribution in [-0.4, -0.2) is 25.1 Å². The van der Waals surface area contributed by atoms with E-state index in [4.69, 9.17) is 0 Å². The summed E-state index contributed by atoms with van der Waals surface area (Å²) in [5, 5.41) is 18.0. The van der Waals surface area contributed by atoms with Crippen molar-refractivity contribution in [3.8, 4) is 0 Å². The number of aromatic nitrogens is 4. The van der Waals surface area contributed by atoms with Gasteiger partial charge in [-0.1, -0.05) is 5.21 Å². The van der Waals surface area contributed by atoms with Crippen LogP contribution in [0.15, 0.2) is 24.7 Å². The van der Waals surface area contributed by atoms with Gasteiger partial charge in [0, 0.05) is 31.4 Å². The minimum Gasteiger partial charge on any atom is -0.385 e. The van der Waals surface area contributed by atoms with E-state index < -0.39 is 11.4 Å². The summed E-state index contributed by atoms with van der Waals surface area (Å²) in [7, 11) is 1.74. The molecule has 0 amide bonds. The van der Waals surface area contributed by atoms with Crippen LogP contribution in [0.5, 0.6) is 0 Å². The topological polar surface area (TPSA) is 63.8 Å². The van der Waals surface area contributed by atoms with Gasteiger partial charge in [0.15, 0.2) is 0 Å². The maximum atomic E-state index is 13.0. The molecule has 0 aliphatic rings. The second kappa shape index (κ2) is 4.21. The van der Waals surface area contributed by atoms with Crippen LogP contribution >= 0.6 is 0 Å². The fourth-order valence-electron chi connectivity index (χ4n) is 1.64. The fourth-order valence-corrected chi connectivity index (χ4v) is 1.64. The highest BCUT2D eigenvalue weighted by atomic mass is 19.1. The Morgan fingerprint density at radius 3 is 2.82 bits per heavy atom. The normalized spacial score (nSPS) is 14.6. The second-order valence-electron chi connectivity index (χ2n) is 4.23. The van der Waals surface area contributed by atoms with Gasteiger partial charge in [-0.05, 0) is 13.0 Å². The molecule has 6 heteroatoms. The summed E-state index contributed by atoms with van der Waals surface area (Å²) in [6.07, 6.45) is 4.51. The first-order valence-electron chi connectivity index (χ1n) is 5.16. The molecule has 0 aliphatic carbocycles. The maximum Gasteiger partial charge on any atom is 0.141 e. The Balaban J connectivity index is 2.24. The van der Waals surface area contributed by atoms with E-state index in [-0.39, 0.29) is 6.42 Å². The summed E-state index contributed by atoms with van der Waals surface area (Å²) in [5.74, 6) is -0.470. The first-order valence-corrected chi connectivity index (χ1v) is 5.16. The average Bonchev–Trinajstić information content (AvgIpc) is 2.63. The number of pyridine rings is 1. The van der Waals surface area contributed by atoms with Crippen LogP contribution in [0.4, 0.5) is 4.39 Å². The molecule has 0 bridgehead atoms. The van der Waals surface area contributed by atoms with Crippen LogP contribution in [0.1, 0.15) is 18.2 Å². The molecule has 2 aromatic heterocycles. The van der Waals surface area contributed by atoms with E-state index in [0.717, 1.165) is 6.20 Å². The molecule has 5 nitrogen and oxygen atoms in total. The lowest BCUT2D eigenvalue weighted by Crippen LogP contribution is -2.25. The first kappa shape index (κ1) is 11.7. The summed E-state index contributed by atoms with van der Waals surface area (Å²) < 4.78 is 14.6. The fraction of sp³-hybridized carbons (Fsp3) is 0.364. The first-order chi connectivity index (χ1) is 7.97. The minimum absolute atomic E-state index is 0.256. The van der Waals surface area contributed by atoms with E-state index in [1.165, 1.54) is 12.3 Å². The standard InChI is InChI=1S/C11H13FN4O/c1-11(17,4-10-7-16(2)15-14-10)8-3-9(12)6-13-5-8/h3,5-7,17H,4H2,1-2H3. The van der Waals surface area contributed by atoms with Crippen molar-refractivity contribution >= 4 is 0 Å². The molecule has 1 atom stereocenters. The van der Waals surface area contributed by atoms with E-state index >= 15 is 0 Å². The number of hydrogen-bond donors (Lipinski definition) is 1. The highest BCUT2D eigenvalue weighted by Crippen LogP contribution is 2.24. The molecule has 1 N–H and O–H groups in total. The van der Waals surface area contributed by atoms with Gasteiger partial charge in [-0.2, -0.15) is 0 Å². The number of rotatable bonds is 3. The highest BCUT2D eigenvalue weighted by molar-refractivity contribution is 5.20. The zero-order valence-corrected chi connectivity index (χ0v) is 9.63. The quantitative estimate of drug-likeness (QED) is 0.856. The maximum absolute atomic E-state index is 13.0. The van der Waals surface area contributed by atoms with Crippen molar-refractivity contribution in [2.45, 2.75) is 18.9 Å². The lowest BCUT2D eigenvalue weighted by Gasteiger charge is -2.22. The predicted octanol–water partition coefficient (Wildman–Crippen LogP) is 0.799. The smallest absolute Gasteiger partial charge is 0.141 e. The van der Waals surface area contributed by atoms with Gasteiger partial charge in [0.05, 0.1) is 17.5 Å². The Bertz CT molecular complexity index is 524. The average molecular weight is 236 g/mol. The van der Waals surface area contributed by atoms with Crippen LogP contribution < -0.4 is 0 Å². The minimum atomic E-state index is -1.22. The molecule has 17 heavy (non-hydrogen) atoms. The van der Waals surface area contributed by atoms with E-state index in [2.05, 4.69) is 15.3 Å². The van der Waals surface area contributed by atoms with Gasteiger partial charge in [-0.3, -0.25) is 9.67 Å². The zero-order chi connectivity index (χ0) is 12.5. The molecular weight excluding hydrogens is 223 g/mol. The Morgan fingerprint density at radius 1 is 1.47 bits per heavy atom. The molecule has 0 saturated heterocycles. The van der Waals surface area contributed by atoms with Crippen LogP contribution in [0, 0.1) is 5.82 Å². The molecule has 0 aliphatic heterocycles. The summed E-state index contributed by atoms with van der Waals surface area (Å²) in [6, 6.07) is 1.27. The summed E-state index contributed by atoms with van der Waals surface area (Å²) in [5.41, 5.74) is -0.157. The van der Waals surface area contributed by atoms with Gasteiger partial charge in [-0.25, -0.2) is 4.39 Å². The Labute approximate surface area is 97.9 Å². The summed E-state index contributed by atoms with van der Waals surface area (Å²) >= 11 is 0. The largest absolute Gasteiger partial charge is 0.385 e. The third kappa shape index (κ3) is 2.65. The molecule has 0 spiro atoms. The summed E-state index contributed by atoms with van der Waals surface area (Å²) in [6.45, 7) is 1.60. The van der Waals surface area contributed by atoms with Crippen molar-refractivity contribution in [1.29, 1.82) is 0 Å². The zero-order valence-electron chi connectivity index (χ0n) is 9.63. The molecular formula is C11H13FN4O. The van der Waals surface area contributed by atoms with Crippen LogP contribution in [0.3, 0.4) is 0 Å². The molecule has 2 aromatic rings. The Kier molecular flexibility index (Phi) is 2.89. The molecule has 0 fully saturated rings. The number of aliphatic hydroxyl groups is 1. The predicted molar refractivity (Wildman–Crippen MR) is 58.5 cm³/mol. The monoisotopic (exact) mass is 236 g/mol. The highest BCUT2D eigenvalue weighted by Gasteiger charge is 2.25. The third-order valence-corrected chi connectivity index (χ3v) is 2.50. The Hall–Kier alpha value is -1.82. The van der Waals surface area contributed by atoms with Crippen molar-refractivity contribution in [2.24, 2.45) is 7.05 Å². The van der Waals surface area contributed by atoms with Gasteiger partial charge in [0.2, 0.25) is 0 Å². The van der Waals surface area contributed by atoms with Gasteiger partial charge in [-0.15, -0.1) is 5.10 Å². The van der Waals surface area contributed by atoms with Crippen molar-refractivity contribution < 1.29 is 9.50 Å². The van der Waals surface area contributed by atoms with Gasteiger partial charge < -0.3 is 5.11 Å². The molecule has 0 aromatic carbocycles. The summed E-state index contributed by atoms with van der Waals surface area (Å²) in [4.78, 5) is 3.72. The van der Waals surface area contributed by atoms with E-state index in [9.17, 15) is 9.50 Å². The number of nitrogens with zero attached hydrogens (tertiary/aromatic N) is 4. The van der Waals surface area contributed by atoms with Gasteiger partial charge in [0.25, 0.3) is 0 Å². The number of hydrogen-bond acceptors (Lipinski definition) is 4. The van der Waals surface area contributed by atoms with Gasteiger partial charge >= 0.3 is 0 Å². The van der Waals surface area contributed by atoms with E-state index in [0.29, 0.717) is 11.3 Å². The van der Waals surface area contributed by atoms with Crippen molar-refractivity contribution in [1.82, 2.24) is 20.0 Å². The molecule has 2 rings (SSSR count). The molecule has 90 valence electrons. The van der Waals surface area contributed by atoms with E-state index in [1.54, 1.807) is 24.9 Å². The van der Waals surface area contributed by atoms with Crippen LogP contribution in [0.2, 0.25) is 0 Å². The number of aryl methyl sites for hydroxylation is 1. The second-order valence-corrected chi connectivity index (χ2v) is 4.23. The van der Waals surface area contributed by atoms with Gasteiger partial charge in [0.1, 0.15) is 5.82 Å². The molecule has 0 radical (unpaired) electrons. The third-order valence-electron chi connectivity index (χ3n) is 2.50. The van der Waals surface area contributed by atoms with Crippen molar-refractivity contribution in [3.05, 3.63) is 41.7 Å². The molecule has 1 unspecified atom stereocenters.